The lowest BCUT2D eigenvalue weighted by Gasteiger charge is -2.33. The van der Waals surface area contributed by atoms with Crippen molar-refractivity contribution in [3.63, 3.8) is 0 Å². The maximum absolute atomic E-state index is 14.1. The summed E-state index contributed by atoms with van der Waals surface area (Å²) in [5.74, 6) is -0.423. The van der Waals surface area contributed by atoms with Crippen molar-refractivity contribution in [2.24, 2.45) is 4.99 Å². The maximum Gasteiger partial charge on any atom is 0.416 e. The molecule has 1 amide bonds. The van der Waals surface area contributed by atoms with Crippen LogP contribution in [0.3, 0.4) is 0 Å². The Morgan fingerprint density at radius 3 is 2.54 bits per heavy atom. The maximum atomic E-state index is 14.1. The molecule has 2 aliphatic rings. The van der Waals surface area contributed by atoms with Gasteiger partial charge in [0.2, 0.25) is 0 Å². The summed E-state index contributed by atoms with van der Waals surface area (Å²) in [4.78, 5) is 22.1. The van der Waals surface area contributed by atoms with Crippen LogP contribution < -0.4 is 0 Å². The minimum absolute atomic E-state index is 0.0751. The number of alkyl halides is 3. The molecule has 1 aromatic heterocycles. The number of likely N-dealkylation sites (N-methyl/N-ethyl adjacent to an activating group) is 1. The van der Waals surface area contributed by atoms with Gasteiger partial charge in [-0.3, -0.25) is 9.89 Å². The van der Waals surface area contributed by atoms with Gasteiger partial charge >= 0.3 is 6.18 Å². The summed E-state index contributed by atoms with van der Waals surface area (Å²) in [6.07, 6.45) is -2.98. The number of aromatic amines is 1. The Labute approximate surface area is 216 Å². The third-order valence-electron chi connectivity index (χ3n) is 6.70. The molecule has 1 N–H and O–H groups in total. The molecule has 3 heterocycles. The van der Waals surface area contributed by atoms with Crippen LogP contribution in [0.5, 0.6) is 0 Å². The summed E-state index contributed by atoms with van der Waals surface area (Å²) in [6, 6.07) is 9.73. The summed E-state index contributed by atoms with van der Waals surface area (Å²) in [5.41, 5.74) is 2.32. The van der Waals surface area contributed by atoms with Crippen molar-refractivity contribution < 1.29 is 18.0 Å². The van der Waals surface area contributed by atoms with Crippen molar-refractivity contribution in [1.82, 2.24) is 20.0 Å². The van der Waals surface area contributed by atoms with Crippen LogP contribution in [0.25, 0.3) is 22.0 Å². The zero-order chi connectivity index (χ0) is 26.3. The molecular formula is C27H26F3N5OS. The van der Waals surface area contributed by atoms with Crippen LogP contribution >= 0.6 is 11.8 Å². The van der Waals surface area contributed by atoms with Gasteiger partial charge in [-0.1, -0.05) is 30.4 Å². The highest BCUT2D eigenvalue weighted by molar-refractivity contribution is 8.18. The van der Waals surface area contributed by atoms with Crippen LogP contribution in [-0.2, 0) is 17.4 Å². The van der Waals surface area contributed by atoms with E-state index < -0.39 is 17.6 Å². The number of piperazine rings is 1. The summed E-state index contributed by atoms with van der Waals surface area (Å²) in [5, 5.41) is 8.34. The highest BCUT2D eigenvalue weighted by Gasteiger charge is 2.35. The topological polar surface area (TPSA) is 64.6 Å². The third-order valence-corrected chi connectivity index (χ3v) is 7.85. The first-order valence-corrected chi connectivity index (χ1v) is 12.7. The third kappa shape index (κ3) is 5.21. The number of H-pyrrole nitrogens is 1. The number of nitrogens with zero attached hydrogens (tertiary/aromatic N) is 4. The minimum Gasteiger partial charge on any atom is -0.348 e. The van der Waals surface area contributed by atoms with Gasteiger partial charge in [-0.15, -0.1) is 0 Å². The number of hydrogen-bond donors (Lipinski definition) is 1. The van der Waals surface area contributed by atoms with E-state index in [1.54, 1.807) is 25.3 Å². The number of allylic oxidation sites excluding steroid dienone is 2. The number of hydrogen-bond acceptors (Lipinski definition) is 5. The van der Waals surface area contributed by atoms with Gasteiger partial charge in [0.25, 0.3) is 5.91 Å². The molecule has 0 aliphatic carbocycles. The summed E-state index contributed by atoms with van der Waals surface area (Å²) >= 11 is 1.25. The van der Waals surface area contributed by atoms with Crippen LogP contribution in [0.15, 0.2) is 59.1 Å². The highest BCUT2D eigenvalue weighted by atomic mass is 32.2. The Morgan fingerprint density at radius 2 is 1.84 bits per heavy atom. The standard InChI is InChI=1S/C27H26F3N5OS/c1-16(2)17-4-5-19(22(14-17)27(28,29)30)13-21(18-6-7-23-20(12-18)15-31-33-23)24-25(36)32-26(37-24)35-10-8-34(3)9-11-35/h4-7,12,14-15H,1,8-11,13H2,2-3H3,(H,31,33). The number of nitrogens with one attached hydrogen (secondary N) is 1. The van der Waals surface area contributed by atoms with E-state index in [0.29, 0.717) is 32.3 Å². The summed E-state index contributed by atoms with van der Waals surface area (Å²) < 4.78 is 42.4. The molecular weight excluding hydrogens is 499 g/mol. The molecule has 0 unspecified atom stereocenters. The number of benzene rings is 2. The SMILES string of the molecule is C=C(C)c1ccc(CC(=C2SC(N3CCN(C)CC3)=NC2=O)c2ccc3[nH]ncc3c2)c(C(F)(F)F)c1. The molecule has 0 bridgehead atoms. The molecule has 3 aromatic rings. The molecule has 0 spiro atoms. The fourth-order valence-corrected chi connectivity index (χ4v) is 5.58. The number of rotatable bonds is 4. The Morgan fingerprint density at radius 1 is 1.11 bits per heavy atom. The molecule has 37 heavy (non-hydrogen) atoms. The first-order valence-electron chi connectivity index (χ1n) is 11.9. The molecule has 2 aromatic carbocycles. The zero-order valence-electron chi connectivity index (χ0n) is 20.5. The van der Waals surface area contributed by atoms with Crippen molar-refractivity contribution in [2.75, 3.05) is 33.2 Å². The summed E-state index contributed by atoms with van der Waals surface area (Å²) in [7, 11) is 2.04. The van der Waals surface area contributed by atoms with E-state index in [1.807, 2.05) is 19.2 Å². The number of aromatic nitrogens is 2. The average molecular weight is 526 g/mol. The molecule has 1 saturated heterocycles. The molecule has 0 radical (unpaired) electrons. The number of thioether (sulfide) groups is 1. The lowest BCUT2D eigenvalue weighted by Crippen LogP contribution is -2.46. The predicted octanol–water partition coefficient (Wildman–Crippen LogP) is 5.45. The number of carbonyl (C=O) groups excluding carboxylic acids is 1. The molecule has 10 heteroatoms. The molecule has 0 saturated carbocycles. The van der Waals surface area contributed by atoms with Crippen molar-refractivity contribution in [3.05, 3.63) is 76.3 Å². The van der Waals surface area contributed by atoms with E-state index in [4.69, 9.17) is 0 Å². The monoisotopic (exact) mass is 525 g/mol. The average Bonchev–Trinajstić information content (AvgIpc) is 3.48. The fraction of sp³-hybridized carbons (Fsp3) is 0.296. The van der Waals surface area contributed by atoms with Crippen LogP contribution in [0.2, 0.25) is 0 Å². The Hall–Kier alpha value is -3.37. The second kappa shape index (κ2) is 9.83. The van der Waals surface area contributed by atoms with Crippen LogP contribution in [-0.4, -0.2) is 64.3 Å². The van der Waals surface area contributed by atoms with Crippen molar-refractivity contribution in [3.8, 4) is 0 Å². The van der Waals surface area contributed by atoms with E-state index in [9.17, 15) is 18.0 Å². The van der Waals surface area contributed by atoms with E-state index >= 15 is 0 Å². The number of amidine groups is 1. The van der Waals surface area contributed by atoms with Crippen molar-refractivity contribution >= 4 is 44.9 Å². The van der Waals surface area contributed by atoms with E-state index in [-0.39, 0.29) is 12.0 Å². The molecule has 192 valence electrons. The van der Waals surface area contributed by atoms with E-state index in [2.05, 4.69) is 31.6 Å². The largest absolute Gasteiger partial charge is 0.416 e. The quantitative estimate of drug-likeness (QED) is 0.460. The predicted molar refractivity (Wildman–Crippen MR) is 142 cm³/mol. The number of fused-ring (bicyclic) bond motifs is 1. The number of aliphatic imine (C=N–C) groups is 1. The first kappa shape index (κ1) is 25.3. The normalized spacial score (nSPS) is 18.5. The second-order valence-corrected chi connectivity index (χ2v) is 10.4. The van der Waals surface area contributed by atoms with Crippen LogP contribution in [0, 0.1) is 0 Å². The fourth-order valence-electron chi connectivity index (χ4n) is 4.51. The van der Waals surface area contributed by atoms with Gasteiger partial charge in [0, 0.05) is 31.6 Å². The lowest BCUT2D eigenvalue weighted by atomic mass is 9.92. The van der Waals surface area contributed by atoms with Gasteiger partial charge in [0.05, 0.1) is 22.2 Å². The van der Waals surface area contributed by atoms with Crippen LogP contribution in [0.4, 0.5) is 13.2 Å². The Balaban J connectivity index is 1.59. The number of amides is 1. The number of carbonyl (C=O) groups is 1. The van der Waals surface area contributed by atoms with Gasteiger partial charge in [-0.25, -0.2) is 0 Å². The van der Waals surface area contributed by atoms with Crippen molar-refractivity contribution in [2.45, 2.75) is 19.5 Å². The molecule has 6 nitrogen and oxygen atoms in total. The molecule has 5 rings (SSSR count). The van der Waals surface area contributed by atoms with Crippen LogP contribution in [0.1, 0.15) is 29.2 Å². The molecule has 1 fully saturated rings. The summed E-state index contributed by atoms with van der Waals surface area (Å²) in [6.45, 7) is 8.63. The van der Waals surface area contributed by atoms with Gasteiger partial charge in [-0.05, 0) is 72.6 Å². The molecule has 2 aliphatic heterocycles. The van der Waals surface area contributed by atoms with Gasteiger partial charge in [0.15, 0.2) is 5.17 Å². The van der Waals surface area contributed by atoms with E-state index in [0.717, 1.165) is 43.1 Å². The van der Waals surface area contributed by atoms with E-state index in [1.165, 1.54) is 17.8 Å². The smallest absolute Gasteiger partial charge is 0.348 e. The number of halogens is 3. The minimum atomic E-state index is -4.56. The van der Waals surface area contributed by atoms with Gasteiger partial charge in [0.1, 0.15) is 0 Å². The van der Waals surface area contributed by atoms with Crippen molar-refractivity contribution in [1.29, 1.82) is 0 Å². The zero-order valence-corrected chi connectivity index (χ0v) is 21.3. The first-order chi connectivity index (χ1) is 17.6. The second-order valence-electron chi connectivity index (χ2n) is 9.40. The Kier molecular flexibility index (Phi) is 6.72. The lowest BCUT2D eigenvalue weighted by molar-refractivity contribution is -0.138. The molecule has 0 atom stereocenters. The highest BCUT2D eigenvalue weighted by Crippen LogP contribution is 2.40. The van der Waals surface area contributed by atoms with Gasteiger partial charge < -0.3 is 9.80 Å². The Bertz CT molecular complexity index is 1450. The van der Waals surface area contributed by atoms with Gasteiger partial charge in [-0.2, -0.15) is 23.3 Å².